The molecule has 1 aromatic carbocycles. The summed E-state index contributed by atoms with van der Waals surface area (Å²) in [7, 11) is 0. The highest BCUT2D eigenvalue weighted by Gasteiger charge is 2.26. The summed E-state index contributed by atoms with van der Waals surface area (Å²) in [5.41, 5.74) is 1.29. The van der Waals surface area contributed by atoms with E-state index in [1.807, 2.05) is 29.2 Å². The van der Waals surface area contributed by atoms with Crippen LogP contribution in [0, 0.1) is 0 Å². The topological polar surface area (TPSA) is 67.2 Å². The molecular formula is C17H20N4O2. The maximum Gasteiger partial charge on any atom is 0.275 e. The average Bonchev–Trinajstić information content (AvgIpc) is 3.08. The van der Waals surface area contributed by atoms with E-state index in [4.69, 9.17) is 0 Å². The largest absolute Gasteiger partial charge is 0.352 e. The molecule has 0 atom stereocenters. The maximum absolute atomic E-state index is 12.7. The van der Waals surface area contributed by atoms with Crippen LogP contribution in [-0.2, 0) is 11.3 Å². The molecular weight excluding hydrogens is 292 g/mol. The highest BCUT2D eigenvalue weighted by atomic mass is 16.2. The third-order valence-electron chi connectivity index (χ3n) is 4.49. The van der Waals surface area contributed by atoms with Gasteiger partial charge in [0.2, 0.25) is 5.91 Å². The minimum atomic E-state index is -0.0408. The molecule has 6 heteroatoms. The van der Waals surface area contributed by atoms with E-state index in [1.165, 1.54) is 0 Å². The van der Waals surface area contributed by atoms with Crippen LogP contribution in [0.5, 0.6) is 0 Å². The summed E-state index contributed by atoms with van der Waals surface area (Å²) < 4.78 is 1.65. The lowest BCUT2D eigenvalue weighted by Crippen LogP contribution is -2.30. The number of likely N-dealkylation sites (tertiary alicyclic amines) is 1. The Hall–Kier alpha value is -2.37. The van der Waals surface area contributed by atoms with E-state index in [9.17, 15) is 9.59 Å². The molecule has 2 fully saturated rings. The van der Waals surface area contributed by atoms with Gasteiger partial charge in [-0.05, 0) is 31.7 Å². The summed E-state index contributed by atoms with van der Waals surface area (Å²) in [6, 6.07) is 7.95. The summed E-state index contributed by atoms with van der Waals surface area (Å²) in [6.45, 7) is 1.74. The molecule has 4 rings (SSSR count). The number of carbonyl (C=O) groups excluding carboxylic acids is 2. The Morgan fingerprint density at radius 1 is 1.17 bits per heavy atom. The Morgan fingerprint density at radius 3 is 2.65 bits per heavy atom. The lowest BCUT2D eigenvalue weighted by Gasteiger charge is -2.13. The van der Waals surface area contributed by atoms with Crippen molar-refractivity contribution in [2.24, 2.45) is 0 Å². The first-order valence-electron chi connectivity index (χ1n) is 8.26. The van der Waals surface area contributed by atoms with Crippen LogP contribution in [0.2, 0.25) is 0 Å². The van der Waals surface area contributed by atoms with Gasteiger partial charge in [0.25, 0.3) is 5.91 Å². The lowest BCUT2D eigenvalue weighted by atomic mass is 10.2. The number of benzene rings is 1. The third kappa shape index (κ3) is 2.81. The van der Waals surface area contributed by atoms with Crippen molar-refractivity contribution in [2.45, 2.75) is 38.3 Å². The predicted octanol–water partition coefficient (Wildman–Crippen LogP) is 1.55. The number of nitrogens with one attached hydrogen (secondary N) is 1. The molecule has 1 saturated carbocycles. The highest BCUT2D eigenvalue weighted by Crippen LogP contribution is 2.22. The van der Waals surface area contributed by atoms with Crippen LogP contribution in [-0.4, -0.2) is 45.6 Å². The van der Waals surface area contributed by atoms with E-state index in [0.29, 0.717) is 11.7 Å². The van der Waals surface area contributed by atoms with Crippen LogP contribution in [0.4, 0.5) is 0 Å². The summed E-state index contributed by atoms with van der Waals surface area (Å²) in [5, 5.41) is 8.25. The van der Waals surface area contributed by atoms with Gasteiger partial charge in [0.1, 0.15) is 6.54 Å². The first-order valence-corrected chi connectivity index (χ1v) is 8.26. The van der Waals surface area contributed by atoms with Crippen LogP contribution in [0.15, 0.2) is 24.3 Å². The molecule has 0 unspecified atom stereocenters. The number of nitrogens with zero attached hydrogens (tertiary/aromatic N) is 3. The van der Waals surface area contributed by atoms with E-state index >= 15 is 0 Å². The van der Waals surface area contributed by atoms with E-state index in [0.717, 1.165) is 49.7 Å². The Bertz CT molecular complexity index is 757. The monoisotopic (exact) mass is 312 g/mol. The smallest absolute Gasteiger partial charge is 0.275 e. The van der Waals surface area contributed by atoms with Crippen molar-refractivity contribution in [3.63, 3.8) is 0 Å². The number of fused-ring (bicyclic) bond motifs is 1. The summed E-state index contributed by atoms with van der Waals surface area (Å²) in [4.78, 5) is 26.6. The molecule has 1 saturated heterocycles. The molecule has 0 bridgehead atoms. The molecule has 0 spiro atoms. The molecule has 1 aliphatic carbocycles. The molecule has 2 aromatic rings. The fourth-order valence-electron chi connectivity index (χ4n) is 3.11. The van der Waals surface area contributed by atoms with Crippen molar-refractivity contribution in [1.82, 2.24) is 20.0 Å². The van der Waals surface area contributed by atoms with Crippen molar-refractivity contribution in [3.8, 4) is 0 Å². The molecule has 2 aliphatic rings. The molecule has 1 aromatic heterocycles. The molecule has 120 valence electrons. The van der Waals surface area contributed by atoms with Crippen LogP contribution in [0.3, 0.4) is 0 Å². The van der Waals surface area contributed by atoms with Gasteiger partial charge in [-0.2, -0.15) is 5.10 Å². The summed E-state index contributed by atoms with van der Waals surface area (Å²) in [5.74, 6) is -0.0685. The molecule has 6 nitrogen and oxygen atoms in total. The van der Waals surface area contributed by atoms with Gasteiger partial charge < -0.3 is 10.2 Å². The first kappa shape index (κ1) is 14.2. The highest BCUT2D eigenvalue weighted by molar-refractivity contribution is 6.05. The number of para-hydroxylation sites is 1. The Labute approximate surface area is 134 Å². The van der Waals surface area contributed by atoms with Crippen molar-refractivity contribution in [1.29, 1.82) is 0 Å². The second-order valence-corrected chi connectivity index (χ2v) is 6.36. The predicted molar refractivity (Wildman–Crippen MR) is 86.0 cm³/mol. The molecule has 23 heavy (non-hydrogen) atoms. The van der Waals surface area contributed by atoms with Gasteiger partial charge in [0.05, 0.1) is 5.52 Å². The Kier molecular flexibility index (Phi) is 3.52. The number of hydrogen-bond acceptors (Lipinski definition) is 3. The van der Waals surface area contributed by atoms with Crippen molar-refractivity contribution >= 4 is 22.7 Å². The van der Waals surface area contributed by atoms with Crippen LogP contribution < -0.4 is 5.32 Å². The number of hydrogen-bond donors (Lipinski definition) is 1. The Balaban J connectivity index is 1.64. The van der Waals surface area contributed by atoms with Crippen LogP contribution in [0.1, 0.15) is 36.2 Å². The maximum atomic E-state index is 12.7. The molecule has 1 aliphatic heterocycles. The van der Waals surface area contributed by atoms with Gasteiger partial charge in [-0.15, -0.1) is 0 Å². The number of carbonyl (C=O) groups is 2. The van der Waals surface area contributed by atoms with E-state index in [2.05, 4.69) is 10.4 Å². The Morgan fingerprint density at radius 2 is 1.91 bits per heavy atom. The SMILES string of the molecule is O=C(Cn1nc(C(=O)N2CCCC2)c2ccccc21)NC1CC1. The first-order chi connectivity index (χ1) is 11.2. The van der Waals surface area contributed by atoms with Crippen molar-refractivity contribution in [3.05, 3.63) is 30.0 Å². The van der Waals surface area contributed by atoms with Gasteiger partial charge in [0.15, 0.2) is 5.69 Å². The third-order valence-corrected chi connectivity index (χ3v) is 4.49. The molecule has 0 radical (unpaired) electrons. The van der Waals surface area contributed by atoms with Gasteiger partial charge in [0, 0.05) is 24.5 Å². The lowest BCUT2D eigenvalue weighted by molar-refractivity contribution is -0.121. The normalized spacial score (nSPS) is 17.7. The van der Waals surface area contributed by atoms with Crippen molar-refractivity contribution in [2.75, 3.05) is 13.1 Å². The second kappa shape index (κ2) is 5.68. The van der Waals surface area contributed by atoms with Gasteiger partial charge in [-0.25, -0.2) is 0 Å². The second-order valence-electron chi connectivity index (χ2n) is 6.36. The van der Waals surface area contributed by atoms with E-state index < -0.39 is 0 Å². The number of aromatic nitrogens is 2. The van der Waals surface area contributed by atoms with E-state index in [-0.39, 0.29) is 18.4 Å². The van der Waals surface area contributed by atoms with Gasteiger partial charge in [-0.3, -0.25) is 14.3 Å². The number of rotatable bonds is 4. The minimum absolute atomic E-state index is 0.0277. The summed E-state index contributed by atoms with van der Waals surface area (Å²) in [6.07, 6.45) is 4.22. The zero-order valence-corrected chi connectivity index (χ0v) is 13.0. The van der Waals surface area contributed by atoms with Crippen LogP contribution >= 0.6 is 0 Å². The molecule has 2 heterocycles. The molecule has 2 amide bonds. The quantitative estimate of drug-likeness (QED) is 0.931. The van der Waals surface area contributed by atoms with Gasteiger partial charge >= 0.3 is 0 Å². The van der Waals surface area contributed by atoms with Crippen molar-refractivity contribution < 1.29 is 9.59 Å². The number of amides is 2. The van der Waals surface area contributed by atoms with Gasteiger partial charge in [-0.1, -0.05) is 18.2 Å². The fourth-order valence-corrected chi connectivity index (χ4v) is 3.11. The van der Waals surface area contributed by atoms with E-state index in [1.54, 1.807) is 4.68 Å². The summed E-state index contributed by atoms with van der Waals surface area (Å²) >= 11 is 0. The minimum Gasteiger partial charge on any atom is -0.352 e. The van der Waals surface area contributed by atoms with Crippen LogP contribution in [0.25, 0.3) is 10.9 Å². The zero-order valence-electron chi connectivity index (χ0n) is 13.0. The molecule has 1 N–H and O–H groups in total. The zero-order chi connectivity index (χ0) is 15.8. The fraction of sp³-hybridized carbons (Fsp3) is 0.471. The average molecular weight is 312 g/mol. The standard InChI is InChI=1S/C17H20N4O2/c22-15(18-12-7-8-12)11-21-14-6-2-1-5-13(14)16(19-21)17(23)20-9-3-4-10-20/h1-2,5-6,12H,3-4,7-11H2,(H,18,22).